The molecule has 2 fully saturated rings. The van der Waals surface area contributed by atoms with E-state index in [2.05, 4.69) is 42.3 Å². The molecule has 0 radical (unpaired) electrons. The van der Waals surface area contributed by atoms with E-state index in [1.54, 1.807) is 0 Å². The van der Waals surface area contributed by atoms with Crippen LogP contribution in [0.4, 0.5) is 0 Å². The highest BCUT2D eigenvalue weighted by Gasteiger charge is 2.31. The van der Waals surface area contributed by atoms with Gasteiger partial charge in [0, 0.05) is 45.4 Å². The number of hydrogen-bond acceptors (Lipinski definition) is 3. The standard InChI is InChI=1S/C18H28N2O/c1-14-3-4-17(15(2)13-14)18(16-5-11-21-12-6-16)20-9-7-19-8-10-20/h3-4,13,16,18-19H,5-12H2,1-2H3/t18-/m1/s1. The number of nitrogens with zero attached hydrogens (tertiary/aromatic N) is 1. The maximum atomic E-state index is 5.59. The van der Waals surface area contributed by atoms with Crippen LogP contribution in [0.25, 0.3) is 0 Å². The summed E-state index contributed by atoms with van der Waals surface area (Å²) in [4.78, 5) is 2.70. The van der Waals surface area contributed by atoms with E-state index < -0.39 is 0 Å². The largest absolute Gasteiger partial charge is 0.381 e. The van der Waals surface area contributed by atoms with Gasteiger partial charge in [0.05, 0.1) is 0 Å². The SMILES string of the molecule is Cc1ccc([C@@H](C2CCOCC2)N2CCNCC2)c(C)c1. The molecular weight excluding hydrogens is 260 g/mol. The quantitative estimate of drug-likeness (QED) is 0.925. The lowest BCUT2D eigenvalue weighted by atomic mass is 9.83. The van der Waals surface area contributed by atoms with E-state index in [0.29, 0.717) is 6.04 Å². The predicted molar refractivity (Wildman–Crippen MR) is 86.6 cm³/mol. The van der Waals surface area contributed by atoms with Crippen molar-refractivity contribution in [3.63, 3.8) is 0 Å². The van der Waals surface area contributed by atoms with Crippen LogP contribution in [0, 0.1) is 19.8 Å². The van der Waals surface area contributed by atoms with E-state index in [4.69, 9.17) is 4.74 Å². The summed E-state index contributed by atoms with van der Waals surface area (Å²) < 4.78 is 5.59. The monoisotopic (exact) mass is 288 g/mol. The van der Waals surface area contributed by atoms with Crippen LogP contribution >= 0.6 is 0 Å². The smallest absolute Gasteiger partial charge is 0.0469 e. The molecule has 0 unspecified atom stereocenters. The van der Waals surface area contributed by atoms with Gasteiger partial charge >= 0.3 is 0 Å². The highest BCUT2D eigenvalue weighted by atomic mass is 16.5. The van der Waals surface area contributed by atoms with Crippen LogP contribution in [0.2, 0.25) is 0 Å². The molecule has 1 N–H and O–H groups in total. The lowest BCUT2D eigenvalue weighted by molar-refractivity contribution is 0.0211. The zero-order valence-corrected chi connectivity index (χ0v) is 13.4. The maximum Gasteiger partial charge on any atom is 0.0469 e. The Morgan fingerprint density at radius 2 is 1.86 bits per heavy atom. The summed E-state index contributed by atoms with van der Waals surface area (Å²) in [6.45, 7) is 10.9. The Balaban J connectivity index is 1.89. The molecule has 0 saturated carbocycles. The summed E-state index contributed by atoms with van der Waals surface area (Å²) in [6, 6.07) is 7.55. The van der Waals surface area contributed by atoms with Gasteiger partial charge in [0.25, 0.3) is 0 Å². The summed E-state index contributed by atoms with van der Waals surface area (Å²) in [6.07, 6.45) is 2.39. The predicted octanol–water partition coefficient (Wildman–Crippen LogP) is 2.68. The van der Waals surface area contributed by atoms with Gasteiger partial charge in [0.15, 0.2) is 0 Å². The molecule has 2 aliphatic heterocycles. The van der Waals surface area contributed by atoms with Crippen molar-refractivity contribution in [3.8, 4) is 0 Å². The zero-order chi connectivity index (χ0) is 14.7. The highest BCUT2D eigenvalue weighted by Crippen LogP contribution is 2.36. The molecule has 0 aliphatic carbocycles. The molecule has 3 rings (SSSR count). The minimum absolute atomic E-state index is 0.566. The summed E-state index contributed by atoms with van der Waals surface area (Å²) >= 11 is 0. The van der Waals surface area contributed by atoms with Gasteiger partial charge in [-0.3, -0.25) is 4.90 Å². The summed E-state index contributed by atoms with van der Waals surface area (Å²) in [7, 11) is 0. The fourth-order valence-corrected chi connectivity index (χ4v) is 3.90. The molecule has 0 spiro atoms. The van der Waals surface area contributed by atoms with Crippen molar-refractivity contribution in [3.05, 3.63) is 34.9 Å². The first-order valence-corrected chi connectivity index (χ1v) is 8.35. The zero-order valence-electron chi connectivity index (χ0n) is 13.4. The molecular formula is C18H28N2O. The first-order chi connectivity index (χ1) is 10.3. The third-order valence-corrected chi connectivity index (χ3v) is 5.00. The molecule has 0 bridgehead atoms. The lowest BCUT2D eigenvalue weighted by Crippen LogP contribution is -2.47. The molecule has 2 heterocycles. The second kappa shape index (κ2) is 6.91. The van der Waals surface area contributed by atoms with Gasteiger partial charge in [0.1, 0.15) is 0 Å². The highest BCUT2D eigenvalue weighted by molar-refractivity contribution is 5.33. The minimum Gasteiger partial charge on any atom is -0.381 e. The molecule has 0 aromatic heterocycles. The molecule has 1 aromatic rings. The number of ether oxygens (including phenoxy) is 1. The number of hydrogen-bond donors (Lipinski definition) is 1. The van der Waals surface area contributed by atoms with E-state index in [1.807, 2.05) is 0 Å². The summed E-state index contributed by atoms with van der Waals surface area (Å²) in [5.74, 6) is 0.734. The maximum absolute atomic E-state index is 5.59. The average molecular weight is 288 g/mol. The fourth-order valence-electron chi connectivity index (χ4n) is 3.90. The summed E-state index contributed by atoms with van der Waals surface area (Å²) in [5, 5.41) is 3.48. The van der Waals surface area contributed by atoms with Crippen molar-refractivity contribution < 1.29 is 4.74 Å². The first-order valence-electron chi connectivity index (χ1n) is 8.35. The van der Waals surface area contributed by atoms with Crippen molar-refractivity contribution in [1.29, 1.82) is 0 Å². The van der Waals surface area contributed by atoms with Crippen molar-refractivity contribution >= 4 is 0 Å². The van der Waals surface area contributed by atoms with Crippen LogP contribution in [0.1, 0.15) is 35.6 Å². The van der Waals surface area contributed by atoms with Gasteiger partial charge in [-0.15, -0.1) is 0 Å². The topological polar surface area (TPSA) is 24.5 Å². The number of piperazine rings is 1. The number of aryl methyl sites for hydroxylation is 2. The van der Waals surface area contributed by atoms with Crippen LogP contribution in [0.15, 0.2) is 18.2 Å². The van der Waals surface area contributed by atoms with Crippen LogP contribution in [0.3, 0.4) is 0 Å². The normalized spacial score (nSPS) is 23.1. The van der Waals surface area contributed by atoms with Crippen LogP contribution in [-0.4, -0.2) is 44.3 Å². The molecule has 116 valence electrons. The Bertz CT molecular complexity index is 444. The van der Waals surface area contributed by atoms with E-state index in [9.17, 15) is 0 Å². The van der Waals surface area contributed by atoms with Crippen LogP contribution < -0.4 is 5.32 Å². The number of benzene rings is 1. The van der Waals surface area contributed by atoms with Crippen LogP contribution in [-0.2, 0) is 4.74 Å². The average Bonchev–Trinajstić information content (AvgIpc) is 2.52. The first kappa shape index (κ1) is 15.0. The third kappa shape index (κ3) is 3.47. The fraction of sp³-hybridized carbons (Fsp3) is 0.667. The van der Waals surface area contributed by atoms with Crippen molar-refractivity contribution in [2.75, 3.05) is 39.4 Å². The Labute approximate surface area is 128 Å². The van der Waals surface area contributed by atoms with E-state index in [1.165, 1.54) is 29.5 Å². The van der Waals surface area contributed by atoms with Gasteiger partial charge in [0.2, 0.25) is 0 Å². The molecule has 2 saturated heterocycles. The van der Waals surface area contributed by atoms with Gasteiger partial charge in [-0.05, 0) is 43.7 Å². The van der Waals surface area contributed by atoms with E-state index in [-0.39, 0.29) is 0 Å². The van der Waals surface area contributed by atoms with Crippen molar-refractivity contribution in [1.82, 2.24) is 10.2 Å². The molecule has 1 aromatic carbocycles. The van der Waals surface area contributed by atoms with Crippen molar-refractivity contribution in [2.45, 2.75) is 32.7 Å². The Hall–Kier alpha value is -0.900. The van der Waals surface area contributed by atoms with E-state index >= 15 is 0 Å². The third-order valence-electron chi connectivity index (χ3n) is 5.00. The van der Waals surface area contributed by atoms with Gasteiger partial charge < -0.3 is 10.1 Å². The second-order valence-electron chi connectivity index (χ2n) is 6.54. The second-order valence-corrected chi connectivity index (χ2v) is 6.54. The number of rotatable bonds is 3. The molecule has 0 amide bonds. The van der Waals surface area contributed by atoms with Gasteiger partial charge in [-0.1, -0.05) is 23.8 Å². The van der Waals surface area contributed by atoms with Crippen LogP contribution in [0.5, 0.6) is 0 Å². The van der Waals surface area contributed by atoms with Gasteiger partial charge in [-0.2, -0.15) is 0 Å². The van der Waals surface area contributed by atoms with Crippen molar-refractivity contribution in [2.24, 2.45) is 5.92 Å². The molecule has 3 nitrogen and oxygen atoms in total. The van der Waals surface area contributed by atoms with E-state index in [0.717, 1.165) is 45.3 Å². The summed E-state index contributed by atoms with van der Waals surface area (Å²) in [5.41, 5.74) is 4.35. The Kier molecular flexibility index (Phi) is 4.94. The Morgan fingerprint density at radius 3 is 2.52 bits per heavy atom. The molecule has 2 aliphatic rings. The molecule has 1 atom stereocenters. The minimum atomic E-state index is 0.566. The lowest BCUT2D eigenvalue weighted by Gasteiger charge is -2.41. The number of nitrogens with one attached hydrogen (secondary N) is 1. The molecule has 3 heteroatoms. The molecule has 21 heavy (non-hydrogen) atoms. The van der Waals surface area contributed by atoms with Gasteiger partial charge in [-0.25, -0.2) is 0 Å². The Morgan fingerprint density at radius 1 is 1.14 bits per heavy atom.